The molecule has 1 unspecified atom stereocenters. The fraction of sp³-hybridized carbons (Fsp3) is 0.909. The van der Waals surface area contributed by atoms with E-state index in [0.29, 0.717) is 19.0 Å². The molecule has 1 amide bonds. The van der Waals surface area contributed by atoms with Crippen LogP contribution in [0.15, 0.2) is 0 Å². The van der Waals surface area contributed by atoms with Gasteiger partial charge < -0.3 is 10.6 Å². The van der Waals surface area contributed by atoms with Crippen LogP contribution in [0.1, 0.15) is 32.1 Å². The number of carbonyl (C=O) groups excluding carboxylic acids is 1. The third-order valence-corrected chi connectivity index (χ3v) is 3.67. The van der Waals surface area contributed by atoms with Crippen molar-refractivity contribution in [3.8, 4) is 0 Å². The molecule has 6 nitrogen and oxygen atoms in total. The summed E-state index contributed by atoms with van der Waals surface area (Å²) >= 11 is 0. The summed E-state index contributed by atoms with van der Waals surface area (Å²) in [5, 5.41) is 6.09. The van der Waals surface area contributed by atoms with E-state index in [1.807, 2.05) is 0 Å². The maximum Gasteiger partial charge on any atom is 0.220 e. The van der Waals surface area contributed by atoms with Crippen LogP contribution in [-0.4, -0.2) is 46.3 Å². The quantitative estimate of drug-likeness (QED) is 0.551. The smallest absolute Gasteiger partial charge is 0.220 e. The van der Waals surface area contributed by atoms with Gasteiger partial charge in [-0.1, -0.05) is 6.42 Å². The van der Waals surface area contributed by atoms with E-state index in [1.165, 1.54) is 12.8 Å². The van der Waals surface area contributed by atoms with Crippen LogP contribution in [0, 0.1) is 0 Å². The topological polar surface area (TPSA) is 87.3 Å². The zero-order valence-corrected chi connectivity index (χ0v) is 11.7. The van der Waals surface area contributed by atoms with Crippen molar-refractivity contribution in [1.29, 1.82) is 0 Å². The molecule has 0 radical (unpaired) electrons. The Bertz CT molecular complexity index is 351. The summed E-state index contributed by atoms with van der Waals surface area (Å²) in [4.78, 5) is 11.5. The molecule has 1 aliphatic heterocycles. The predicted molar refractivity (Wildman–Crippen MR) is 70.7 cm³/mol. The molecule has 18 heavy (non-hydrogen) atoms. The molecule has 106 valence electrons. The van der Waals surface area contributed by atoms with Crippen molar-refractivity contribution in [2.75, 3.05) is 25.9 Å². The minimum absolute atomic E-state index is 0.0160. The van der Waals surface area contributed by atoms with Gasteiger partial charge in [0.25, 0.3) is 0 Å². The van der Waals surface area contributed by atoms with Crippen molar-refractivity contribution in [1.82, 2.24) is 15.4 Å². The van der Waals surface area contributed by atoms with Gasteiger partial charge >= 0.3 is 0 Å². The number of rotatable bonds is 7. The molecule has 1 heterocycles. The van der Waals surface area contributed by atoms with Crippen LogP contribution in [0.2, 0.25) is 0 Å². The van der Waals surface area contributed by atoms with E-state index >= 15 is 0 Å². The Morgan fingerprint density at radius 1 is 1.33 bits per heavy atom. The summed E-state index contributed by atoms with van der Waals surface area (Å²) in [7, 11) is -3.16. The van der Waals surface area contributed by atoms with Crippen LogP contribution < -0.4 is 15.4 Å². The van der Waals surface area contributed by atoms with Crippen LogP contribution in [-0.2, 0) is 14.8 Å². The van der Waals surface area contributed by atoms with E-state index in [4.69, 9.17) is 0 Å². The Kier molecular flexibility index (Phi) is 6.59. The molecule has 1 rings (SSSR count). The zero-order chi connectivity index (χ0) is 13.4. The largest absolute Gasteiger partial charge is 0.355 e. The molecule has 0 aliphatic carbocycles. The van der Waals surface area contributed by atoms with Crippen molar-refractivity contribution < 1.29 is 13.2 Å². The van der Waals surface area contributed by atoms with Gasteiger partial charge in [0.05, 0.1) is 6.26 Å². The minimum Gasteiger partial charge on any atom is -0.355 e. The van der Waals surface area contributed by atoms with Crippen LogP contribution >= 0.6 is 0 Å². The molecule has 0 aromatic rings. The van der Waals surface area contributed by atoms with Crippen LogP contribution in [0.4, 0.5) is 0 Å². The SMILES string of the molecule is CS(=O)(=O)NCCNC(=O)CCC1CCCCN1. The van der Waals surface area contributed by atoms with Gasteiger partial charge in [0.2, 0.25) is 15.9 Å². The minimum atomic E-state index is -3.16. The Balaban J connectivity index is 2.03. The summed E-state index contributed by atoms with van der Waals surface area (Å²) in [5.74, 6) is -0.0160. The molecule has 0 bridgehead atoms. The number of nitrogens with one attached hydrogen (secondary N) is 3. The highest BCUT2D eigenvalue weighted by molar-refractivity contribution is 7.88. The second-order valence-electron chi connectivity index (χ2n) is 4.70. The molecule has 1 fully saturated rings. The lowest BCUT2D eigenvalue weighted by atomic mass is 10.0. The molecule has 3 N–H and O–H groups in total. The van der Waals surface area contributed by atoms with Gasteiger partial charge in [-0.05, 0) is 25.8 Å². The van der Waals surface area contributed by atoms with E-state index in [2.05, 4.69) is 15.4 Å². The maximum atomic E-state index is 11.5. The normalized spacial score (nSPS) is 20.6. The van der Waals surface area contributed by atoms with Crippen molar-refractivity contribution >= 4 is 15.9 Å². The van der Waals surface area contributed by atoms with Crippen molar-refractivity contribution in [3.63, 3.8) is 0 Å². The summed E-state index contributed by atoms with van der Waals surface area (Å²) in [6.07, 6.45) is 6.05. The number of piperidine rings is 1. The number of amides is 1. The lowest BCUT2D eigenvalue weighted by Gasteiger charge is -2.23. The number of hydrogen-bond donors (Lipinski definition) is 3. The molecule has 1 aliphatic rings. The number of hydrogen-bond acceptors (Lipinski definition) is 4. The second kappa shape index (κ2) is 7.70. The van der Waals surface area contributed by atoms with Crippen molar-refractivity contribution in [3.05, 3.63) is 0 Å². The van der Waals surface area contributed by atoms with Gasteiger partial charge in [-0.3, -0.25) is 4.79 Å². The first-order chi connectivity index (χ1) is 8.47. The highest BCUT2D eigenvalue weighted by Gasteiger charge is 2.13. The zero-order valence-electron chi connectivity index (χ0n) is 10.9. The molecule has 1 saturated heterocycles. The molecule has 0 aromatic carbocycles. The Morgan fingerprint density at radius 3 is 2.72 bits per heavy atom. The number of sulfonamides is 1. The second-order valence-corrected chi connectivity index (χ2v) is 6.53. The first kappa shape index (κ1) is 15.4. The van der Waals surface area contributed by atoms with E-state index < -0.39 is 10.0 Å². The Hall–Kier alpha value is -0.660. The first-order valence-corrected chi connectivity index (χ1v) is 8.31. The van der Waals surface area contributed by atoms with Crippen molar-refractivity contribution in [2.24, 2.45) is 0 Å². The summed E-state index contributed by atoms with van der Waals surface area (Å²) in [6, 6.07) is 0.457. The predicted octanol–water partition coefficient (Wildman–Crippen LogP) is -0.426. The molecule has 0 spiro atoms. The van der Waals surface area contributed by atoms with Crippen molar-refractivity contribution in [2.45, 2.75) is 38.1 Å². The molecule has 7 heteroatoms. The van der Waals surface area contributed by atoms with Gasteiger partial charge in [-0.2, -0.15) is 0 Å². The lowest BCUT2D eigenvalue weighted by Crippen LogP contribution is -2.37. The fourth-order valence-electron chi connectivity index (χ4n) is 2.00. The molecule has 1 atom stereocenters. The standard InChI is InChI=1S/C11H23N3O3S/c1-18(16,17)14-9-8-13-11(15)6-5-10-4-2-3-7-12-10/h10,12,14H,2-9H2,1H3,(H,13,15). The molecular weight excluding hydrogens is 254 g/mol. The third kappa shape index (κ3) is 7.62. The van der Waals surface area contributed by atoms with Gasteiger partial charge in [-0.15, -0.1) is 0 Å². The fourth-order valence-corrected chi connectivity index (χ4v) is 2.48. The first-order valence-electron chi connectivity index (χ1n) is 6.42. The monoisotopic (exact) mass is 277 g/mol. The Morgan fingerprint density at radius 2 is 2.11 bits per heavy atom. The maximum absolute atomic E-state index is 11.5. The average Bonchev–Trinajstić information content (AvgIpc) is 2.32. The van der Waals surface area contributed by atoms with Gasteiger partial charge in [0, 0.05) is 25.6 Å². The summed E-state index contributed by atoms with van der Waals surface area (Å²) in [5.41, 5.74) is 0. The van der Waals surface area contributed by atoms with E-state index in [0.717, 1.165) is 25.6 Å². The van der Waals surface area contributed by atoms with Gasteiger partial charge in [0.15, 0.2) is 0 Å². The van der Waals surface area contributed by atoms with Gasteiger partial charge in [0.1, 0.15) is 0 Å². The van der Waals surface area contributed by atoms with E-state index in [9.17, 15) is 13.2 Å². The van der Waals surface area contributed by atoms with E-state index in [1.54, 1.807) is 0 Å². The summed E-state index contributed by atoms with van der Waals surface area (Å²) < 4.78 is 23.9. The highest BCUT2D eigenvalue weighted by Crippen LogP contribution is 2.11. The average molecular weight is 277 g/mol. The molecule has 0 saturated carbocycles. The van der Waals surface area contributed by atoms with Crippen LogP contribution in [0.25, 0.3) is 0 Å². The van der Waals surface area contributed by atoms with Crippen LogP contribution in [0.5, 0.6) is 0 Å². The lowest BCUT2D eigenvalue weighted by molar-refractivity contribution is -0.121. The highest BCUT2D eigenvalue weighted by atomic mass is 32.2. The number of carbonyl (C=O) groups is 1. The Labute approximate surface area is 109 Å². The molecule has 0 aromatic heterocycles. The third-order valence-electron chi connectivity index (χ3n) is 2.94. The van der Waals surface area contributed by atoms with Crippen LogP contribution in [0.3, 0.4) is 0 Å². The summed E-state index contributed by atoms with van der Waals surface area (Å²) in [6.45, 7) is 1.63. The molecular formula is C11H23N3O3S. The van der Waals surface area contributed by atoms with Gasteiger partial charge in [-0.25, -0.2) is 13.1 Å². The van der Waals surface area contributed by atoms with E-state index in [-0.39, 0.29) is 12.5 Å².